The number of hydrogen-bond acceptors (Lipinski definition) is 2. The first-order valence-corrected chi connectivity index (χ1v) is 18.2. The van der Waals surface area contributed by atoms with E-state index in [1.54, 1.807) is 0 Å². The van der Waals surface area contributed by atoms with Gasteiger partial charge in [-0.3, -0.25) is 0 Å². The first-order chi connectivity index (χ1) is 25.3. The molecule has 0 bridgehead atoms. The molecule has 0 N–H and O–H groups in total. The zero-order valence-corrected chi connectivity index (χ0v) is 28.3. The predicted octanol–water partition coefficient (Wildman–Crippen LogP) is 14.1. The molecule has 0 aliphatic heterocycles. The van der Waals surface area contributed by atoms with Gasteiger partial charge in [-0.2, -0.15) is 0 Å². The largest absolute Gasteiger partial charge is 0.456 e. The standard InChI is InChI=1S/C48H29NOS/c1-3-11-30(12-4-1)32-21-24-41-38(27-32)39-28-33(31-13-5-2-6-14-31)22-25-42(39)49(41)43-18-9-17-37-47-35(16-10-20-46(47)51-48(37)43)34-23-26-45-40(29-34)36-15-7-8-19-44(36)50-45/h1-29H. The number of thiophene rings is 1. The molecule has 11 rings (SSSR count). The average Bonchev–Trinajstić information content (AvgIpc) is 3.87. The van der Waals surface area contributed by atoms with Crippen molar-refractivity contribution in [3.8, 4) is 39.1 Å². The zero-order chi connectivity index (χ0) is 33.5. The van der Waals surface area contributed by atoms with Gasteiger partial charge in [0.15, 0.2) is 0 Å². The van der Waals surface area contributed by atoms with Gasteiger partial charge in [0.25, 0.3) is 0 Å². The van der Waals surface area contributed by atoms with Crippen molar-refractivity contribution in [3.63, 3.8) is 0 Å². The number of furan rings is 1. The lowest BCUT2D eigenvalue weighted by Crippen LogP contribution is -1.94. The second kappa shape index (κ2) is 11.0. The molecule has 11 aromatic rings. The van der Waals surface area contributed by atoms with Crippen molar-refractivity contribution in [2.45, 2.75) is 0 Å². The van der Waals surface area contributed by atoms with E-state index in [1.165, 1.54) is 81.0 Å². The number of fused-ring (bicyclic) bond motifs is 9. The fourth-order valence-electron chi connectivity index (χ4n) is 8.05. The van der Waals surface area contributed by atoms with Gasteiger partial charge < -0.3 is 8.98 Å². The molecule has 238 valence electrons. The summed E-state index contributed by atoms with van der Waals surface area (Å²) in [5.74, 6) is 0. The fraction of sp³-hybridized carbons (Fsp3) is 0. The lowest BCUT2D eigenvalue weighted by molar-refractivity contribution is 0.669. The van der Waals surface area contributed by atoms with Crippen LogP contribution < -0.4 is 0 Å². The van der Waals surface area contributed by atoms with Crippen molar-refractivity contribution in [1.82, 2.24) is 4.57 Å². The Kier molecular flexibility index (Phi) is 6.16. The van der Waals surface area contributed by atoms with Crippen LogP contribution in [0.25, 0.3) is 103 Å². The van der Waals surface area contributed by atoms with Crippen molar-refractivity contribution >= 4 is 75.3 Å². The summed E-state index contributed by atoms with van der Waals surface area (Å²) in [6.07, 6.45) is 0. The second-order valence-electron chi connectivity index (χ2n) is 13.3. The van der Waals surface area contributed by atoms with Gasteiger partial charge in [0.2, 0.25) is 0 Å². The van der Waals surface area contributed by atoms with Crippen LogP contribution in [0.2, 0.25) is 0 Å². The topological polar surface area (TPSA) is 18.1 Å². The first-order valence-electron chi connectivity index (χ1n) is 17.3. The first kappa shape index (κ1) is 28.4. The molecular weight excluding hydrogens is 639 g/mol. The van der Waals surface area contributed by atoms with Crippen molar-refractivity contribution in [2.75, 3.05) is 0 Å². The van der Waals surface area contributed by atoms with Crippen LogP contribution in [-0.4, -0.2) is 4.57 Å². The predicted molar refractivity (Wildman–Crippen MR) is 217 cm³/mol. The minimum atomic E-state index is 0.918. The van der Waals surface area contributed by atoms with Gasteiger partial charge in [0.05, 0.1) is 21.4 Å². The summed E-state index contributed by atoms with van der Waals surface area (Å²) in [5, 5.41) is 7.38. The highest BCUT2D eigenvalue weighted by atomic mass is 32.1. The zero-order valence-electron chi connectivity index (χ0n) is 27.5. The van der Waals surface area contributed by atoms with Crippen molar-refractivity contribution in [2.24, 2.45) is 0 Å². The van der Waals surface area contributed by atoms with Gasteiger partial charge in [-0.25, -0.2) is 0 Å². The van der Waals surface area contributed by atoms with E-state index < -0.39 is 0 Å². The van der Waals surface area contributed by atoms with Gasteiger partial charge in [0, 0.05) is 37.0 Å². The molecule has 0 aliphatic rings. The van der Waals surface area contributed by atoms with Crippen LogP contribution in [0.3, 0.4) is 0 Å². The second-order valence-corrected chi connectivity index (χ2v) is 14.3. The van der Waals surface area contributed by atoms with Crippen molar-refractivity contribution in [1.29, 1.82) is 0 Å². The van der Waals surface area contributed by atoms with E-state index in [9.17, 15) is 0 Å². The molecule has 0 unspecified atom stereocenters. The lowest BCUT2D eigenvalue weighted by Gasteiger charge is -2.11. The van der Waals surface area contributed by atoms with E-state index >= 15 is 0 Å². The van der Waals surface area contributed by atoms with E-state index in [0.29, 0.717) is 0 Å². The monoisotopic (exact) mass is 667 g/mol. The Morgan fingerprint density at radius 3 is 1.71 bits per heavy atom. The third-order valence-electron chi connectivity index (χ3n) is 10.4. The van der Waals surface area contributed by atoms with Crippen LogP contribution in [0.5, 0.6) is 0 Å². The van der Waals surface area contributed by atoms with Crippen LogP contribution in [-0.2, 0) is 0 Å². The van der Waals surface area contributed by atoms with Gasteiger partial charge in [0.1, 0.15) is 11.2 Å². The van der Waals surface area contributed by atoms with E-state index in [1.807, 2.05) is 23.5 Å². The Balaban J connectivity index is 1.16. The Morgan fingerprint density at radius 2 is 0.980 bits per heavy atom. The minimum absolute atomic E-state index is 0.918. The van der Waals surface area contributed by atoms with E-state index in [4.69, 9.17) is 4.42 Å². The molecule has 3 heteroatoms. The van der Waals surface area contributed by atoms with E-state index in [0.717, 1.165) is 21.9 Å². The normalized spacial score (nSPS) is 11.9. The summed E-state index contributed by atoms with van der Waals surface area (Å²) in [6.45, 7) is 0. The molecule has 8 aromatic carbocycles. The molecule has 0 spiro atoms. The van der Waals surface area contributed by atoms with E-state index in [-0.39, 0.29) is 0 Å². The minimum Gasteiger partial charge on any atom is -0.456 e. The van der Waals surface area contributed by atoms with Crippen molar-refractivity contribution < 1.29 is 4.42 Å². The SMILES string of the molecule is c1ccc(-c2ccc3c(c2)c2cc(-c4ccccc4)ccc2n3-c2cccc3c2sc2cccc(-c4ccc5oc6ccccc6c5c4)c23)cc1. The third-order valence-corrected chi connectivity index (χ3v) is 11.6. The Morgan fingerprint density at radius 1 is 0.392 bits per heavy atom. The molecule has 0 atom stereocenters. The Bertz CT molecular complexity index is 3030. The summed E-state index contributed by atoms with van der Waals surface area (Å²) in [7, 11) is 0. The summed E-state index contributed by atoms with van der Waals surface area (Å²) in [5.41, 5.74) is 12.8. The highest BCUT2D eigenvalue weighted by Crippen LogP contribution is 2.45. The summed E-state index contributed by atoms with van der Waals surface area (Å²) in [6, 6.07) is 63.7. The van der Waals surface area contributed by atoms with Gasteiger partial charge in [-0.05, 0) is 88.0 Å². The summed E-state index contributed by atoms with van der Waals surface area (Å²) < 4.78 is 11.2. The molecule has 0 radical (unpaired) electrons. The molecule has 3 aromatic heterocycles. The summed E-state index contributed by atoms with van der Waals surface area (Å²) >= 11 is 1.88. The van der Waals surface area contributed by atoms with Crippen LogP contribution in [0, 0.1) is 0 Å². The maximum absolute atomic E-state index is 6.18. The maximum Gasteiger partial charge on any atom is 0.135 e. The quantitative estimate of drug-likeness (QED) is 0.183. The molecule has 0 saturated carbocycles. The molecular formula is C48H29NOS. The third kappa shape index (κ3) is 4.35. The molecule has 2 nitrogen and oxygen atoms in total. The van der Waals surface area contributed by atoms with Crippen LogP contribution in [0.1, 0.15) is 0 Å². The van der Waals surface area contributed by atoms with E-state index in [2.05, 4.69) is 168 Å². The molecule has 3 heterocycles. The van der Waals surface area contributed by atoms with Crippen molar-refractivity contribution in [3.05, 3.63) is 176 Å². The number of rotatable bonds is 4. The molecule has 0 amide bonds. The number of benzene rings is 8. The lowest BCUT2D eigenvalue weighted by atomic mass is 9.98. The Labute approximate surface area is 298 Å². The van der Waals surface area contributed by atoms with Crippen LogP contribution in [0.4, 0.5) is 0 Å². The number of nitrogens with zero attached hydrogens (tertiary/aromatic N) is 1. The van der Waals surface area contributed by atoms with Crippen LogP contribution >= 0.6 is 11.3 Å². The number of aromatic nitrogens is 1. The maximum atomic E-state index is 6.18. The fourth-order valence-corrected chi connectivity index (χ4v) is 9.28. The van der Waals surface area contributed by atoms with Gasteiger partial charge in [-0.15, -0.1) is 11.3 Å². The average molecular weight is 668 g/mol. The van der Waals surface area contributed by atoms with Gasteiger partial charge >= 0.3 is 0 Å². The molecule has 51 heavy (non-hydrogen) atoms. The van der Waals surface area contributed by atoms with Gasteiger partial charge in [-0.1, -0.05) is 121 Å². The Hall–Kier alpha value is -6.42. The molecule has 0 saturated heterocycles. The smallest absolute Gasteiger partial charge is 0.135 e. The molecule has 0 aliphatic carbocycles. The summed E-state index contributed by atoms with van der Waals surface area (Å²) in [4.78, 5) is 0. The number of hydrogen-bond donors (Lipinski definition) is 0. The number of para-hydroxylation sites is 1. The molecule has 0 fully saturated rings. The van der Waals surface area contributed by atoms with Crippen LogP contribution in [0.15, 0.2) is 180 Å². The highest BCUT2D eigenvalue weighted by molar-refractivity contribution is 7.26. The highest BCUT2D eigenvalue weighted by Gasteiger charge is 2.20.